The van der Waals surface area contributed by atoms with Gasteiger partial charge in [0.15, 0.2) is 11.5 Å². The molecule has 0 radical (unpaired) electrons. The van der Waals surface area contributed by atoms with Crippen molar-refractivity contribution in [1.29, 1.82) is 0 Å². The van der Waals surface area contributed by atoms with Gasteiger partial charge in [-0.1, -0.05) is 54.6 Å². The normalized spacial score (nSPS) is 12.5. The van der Waals surface area contributed by atoms with E-state index in [0.717, 1.165) is 11.1 Å². The number of anilines is 1. The van der Waals surface area contributed by atoms with Crippen molar-refractivity contribution >= 4 is 17.5 Å². The number of rotatable bonds is 9. The zero-order valence-corrected chi connectivity index (χ0v) is 21.3. The maximum Gasteiger partial charge on any atom is 0.251 e. The van der Waals surface area contributed by atoms with E-state index in [9.17, 15) is 14.0 Å². The van der Waals surface area contributed by atoms with Crippen LogP contribution in [0.15, 0.2) is 97.1 Å². The van der Waals surface area contributed by atoms with Gasteiger partial charge >= 0.3 is 0 Å². The minimum Gasteiger partial charge on any atom is -0.497 e. The zero-order chi connectivity index (χ0) is 27.2. The Morgan fingerprint density at radius 3 is 2.41 bits per heavy atom. The molecule has 0 bridgehead atoms. The molecule has 1 N–H and O–H groups in total. The third-order valence-corrected chi connectivity index (χ3v) is 6.40. The lowest BCUT2D eigenvalue weighted by atomic mass is 10.0. The van der Waals surface area contributed by atoms with Gasteiger partial charge in [0.25, 0.3) is 5.91 Å². The Balaban J connectivity index is 1.52. The van der Waals surface area contributed by atoms with Gasteiger partial charge in [-0.15, -0.1) is 0 Å². The fraction of sp³-hybridized carbons (Fsp3) is 0.161. The molecule has 1 heterocycles. The number of fused-ring (bicyclic) bond motifs is 1. The minimum atomic E-state index is -1.12. The van der Waals surface area contributed by atoms with E-state index in [1.54, 1.807) is 43.5 Å². The molecule has 7 nitrogen and oxygen atoms in total. The standard InChI is InChI=1S/C31H27FN2O5/c1-37-26-13-10-22(11-14-26)19-34(29(35)16-21-6-3-2-4-7-21)30(23-8-5-9-24(32)17-23)31(36)33-25-12-15-27-28(18-25)39-20-38-27/h2-15,17-18,30H,16,19-20H2,1H3,(H,33,36)/t30-/m1/s1. The molecule has 8 heteroatoms. The number of nitrogens with one attached hydrogen (secondary N) is 1. The van der Waals surface area contributed by atoms with Gasteiger partial charge in [0, 0.05) is 18.3 Å². The van der Waals surface area contributed by atoms with Crippen LogP contribution in [0.2, 0.25) is 0 Å². The summed E-state index contributed by atoms with van der Waals surface area (Å²) >= 11 is 0. The molecular weight excluding hydrogens is 499 g/mol. The summed E-state index contributed by atoms with van der Waals surface area (Å²) in [6.45, 7) is 0.216. The first kappa shape index (κ1) is 25.8. The Morgan fingerprint density at radius 1 is 0.897 bits per heavy atom. The van der Waals surface area contributed by atoms with E-state index in [1.807, 2.05) is 42.5 Å². The number of hydrogen-bond acceptors (Lipinski definition) is 5. The van der Waals surface area contributed by atoms with Crippen molar-refractivity contribution in [3.8, 4) is 17.2 Å². The largest absolute Gasteiger partial charge is 0.497 e. The molecule has 1 atom stereocenters. The SMILES string of the molecule is COc1ccc(CN(C(=O)Cc2ccccc2)[C@@H](C(=O)Nc2ccc3c(c2)OCO3)c2cccc(F)c2)cc1. The highest BCUT2D eigenvalue weighted by Gasteiger charge is 2.32. The van der Waals surface area contributed by atoms with Crippen molar-refractivity contribution in [2.75, 3.05) is 19.2 Å². The molecule has 0 aromatic heterocycles. The summed E-state index contributed by atoms with van der Waals surface area (Å²) in [6.07, 6.45) is 0.0696. The highest BCUT2D eigenvalue weighted by atomic mass is 19.1. The van der Waals surface area contributed by atoms with Gasteiger partial charge < -0.3 is 24.4 Å². The second kappa shape index (κ2) is 11.7. The van der Waals surface area contributed by atoms with Crippen LogP contribution >= 0.6 is 0 Å². The molecule has 198 valence electrons. The van der Waals surface area contributed by atoms with E-state index in [-0.39, 0.29) is 25.7 Å². The second-order valence-electron chi connectivity index (χ2n) is 9.05. The maximum atomic E-state index is 14.4. The first-order valence-corrected chi connectivity index (χ1v) is 12.4. The number of ether oxygens (including phenoxy) is 3. The van der Waals surface area contributed by atoms with Crippen molar-refractivity contribution in [3.05, 3.63) is 120 Å². The fourth-order valence-electron chi connectivity index (χ4n) is 4.46. The van der Waals surface area contributed by atoms with Crippen LogP contribution in [0.1, 0.15) is 22.7 Å². The molecule has 0 saturated heterocycles. The first-order valence-electron chi connectivity index (χ1n) is 12.4. The van der Waals surface area contributed by atoms with E-state index in [2.05, 4.69) is 5.32 Å². The third-order valence-electron chi connectivity index (χ3n) is 6.40. The minimum absolute atomic E-state index is 0.0696. The van der Waals surface area contributed by atoms with E-state index in [1.165, 1.54) is 23.1 Å². The maximum absolute atomic E-state index is 14.4. The fourth-order valence-corrected chi connectivity index (χ4v) is 4.46. The second-order valence-corrected chi connectivity index (χ2v) is 9.05. The van der Waals surface area contributed by atoms with Crippen LogP contribution in [0.3, 0.4) is 0 Å². The highest BCUT2D eigenvalue weighted by Crippen LogP contribution is 2.35. The van der Waals surface area contributed by atoms with Crippen molar-refractivity contribution < 1.29 is 28.2 Å². The summed E-state index contributed by atoms with van der Waals surface area (Å²) < 4.78 is 30.5. The monoisotopic (exact) mass is 526 g/mol. The van der Waals surface area contributed by atoms with Gasteiger partial charge in [-0.3, -0.25) is 9.59 Å². The van der Waals surface area contributed by atoms with Crippen LogP contribution in [-0.2, 0) is 22.6 Å². The zero-order valence-electron chi connectivity index (χ0n) is 21.3. The molecule has 0 unspecified atom stereocenters. The van der Waals surface area contributed by atoms with E-state index < -0.39 is 17.8 Å². The summed E-state index contributed by atoms with van der Waals surface area (Å²) in [7, 11) is 1.57. The third kappa shape index (κ3) is 6.18. The molecule has 5 rings (SSSR count). The Morgan fingerprint density at radius 2 is 1.67 bits per heavy atom. The Bertz CT molecular complexity index is 1460. The van der Waals surface area contributed by atoms with E-state index in [0.29, 0.717) is 28.5 Å². The van der Waals surface area contributed by atoms with E-state index >= 15 is 0 Å². The molecule has 0 saturated carbocycles. The highest BCUT2D eigenvalue weighted by molar-refractivity contribution is 5.98. The summed E-state index contributed by atoms with van der Waals surface area (Å²) in [4.78, 5) is 29.2. The van der Waals surface area contributed by atoms with Crippen LogP contribution in [0.25, 0.3) is 0 Å². The number of halogens is 1. The van der Waals surface area contributed by atoms with Crippen molar-refractivity contribution in [2.24, 2.45) is 0 Å². The molecule has 0 fully saturated rings. The topological polar surface area (TPSA) is 77.1 Å². The molecule has 4 aromatic carbocycles. The van der Waals surface area contributed by atoms with Crippen LogP contribution < -0.4 is 19.5 Å². The number of carbonyl (C=O) groups is 2. The summed E-state index contributed by atoms with van der Waals surface area (Å²) in [6, 6.07) is 26.2. The van der Waals surface area contributed by atoms with Crippen molar-refractivity contribution in [1.82, 2.24) is 4.90 Å². The molecule has 39 heavy (non-hydrogen) atoms. The van der Waals surface area contributed by atoms with E-state index in [4.69, 9.17) is 14.2 Å². The van der Waals surface area contributed by atoms with Gasteiger partial charge in [0.2, 0.25) is 12.7 Å². The average Bonchev–Trinajstić information content (AvgIpc) is 3.42. The first-order chi connectivity index (χ1) is 19.0. The van der Waals surface area contributed by atoms with Crippen LogP contribution in [0.5, 0.6) is 17.2 Å². The molecule has 0 aliphatic carbocycles. The number of benzene rings is 4. The summed E-state index contributed by atoms with van der Waals surface area (Å²) in [5.41, 5.74) is 2.40. The van der Waals surface area contributed by atoms with Gasteiger partial charge in [-0.05, 0) is 53.1 Å². The average molecular weight is 527 g/mol. The molecule has 2 amide bonds. The number of amides is 2. The molecule has 4 aromatic rings. The molecule has 1 aliphatic rings. The van der Waals surface area contributed by atoms with Gasteiger partial charge in [-0.2, -0.15) is 0 Å². The molecular formula is C31H27FN2O5. The number of carbonyl (C=O) groups excluding carboxylic acids is 2. The number of nitrogens with zero attached hydrogens (tertiary/aromatic N) is 1. The Hall–Kier alpha value is -4.85. The number of hydrogen-bond donors (Lipinski definition) is 1. The Kier molecular flexibility index (Phi) is 7.73. The van der Waals surface area contributed by atoms with Gasteiger partial charge in [0.05, 0.1) is 13.5 Å². The van der Waals surface area contributed by atoms with Crippen LogP contribution in [0, 0.1) is 5.82 Å². The smallest absolute Gasteiger partial charge is 0.251 e. The number of methoxy groups -OCH3 is 1. The van der Waals surface area contributed by atoms with Crippen molar-refractivity contribution in [3.63, 3.8) is 0 Å². The molecule has 0 spiro atoms. The van der Waals surface area contributed by atoms with Gasteiger partial charge in [-0.25, -0.2) is 4.39 Å². The predicted octanol–water partition coefficient (Wildman–Crippen LogP) is 5.51. The predicted molar refractivity (Wildman–Crippen MR) is 144 cm³/mol. The lowest BCUT2D eigenvalue weighted by molar-refractivity contribution is -0.139. The quantitative estimate of drug-likeness (QED) is 0.311. The Labute approximate surface area is 225 Å². The lowest BCUT2D eigenvalue weighted by Gasteiger charge is -2.32. The summed E-state index contributed by atoms with van der Waals surface area (Å²) in [5, 5.41) is 2.88. The van der Waals surface area contributed by atoms with Gasteiger partial charge in [0.1, 0.15) is 17.6 Å². The summed E-state index contributed by atoms with van der Waals surface area (Å²) in [5.74, 6) is 0.470. The van der Waals surface area contributed by atoms with Crippen LogP contribution in [-0.4, -0.2) is 30.6 Å². The van der Waals surface area contributed by atoms with Crippen LogP contribution in [0.4, 0.5) is 10.1 Å². The lowest BCUT2D eigenvalue weighted by Crippen LogP contribution is -2.41. The van der Waals surface area contributed by atoms with Crippen molar-refractivity contribution in [2.45, 2.75) is 19.0 Å². The molecule has 1 aliphatic heterocycles.